The first-order chi connectivity index (χ1) is 9.47. The molecular formula is C14H23N5O. The van der Waals surface area contributed by atoms with E-state index < -0.39 is 0 Å². The molecule has 0 spiro atoms. The van der Waals surface area contributed by atoms with E-state index in [2.05, 4.69) is 20.2 Å². The van der Waals surface area contributed by atoms with Gasteiger partial charge in [-0.1, -0.05) is 0 Å². The second kappa shape index (κ2) is 5.98. The summed E-state index contributed by atoms with van der Waals surface area (Å²) in [6.07, 6.45) is 2.62. The molecule has 0 aromatic carbocycles. The number of nitrogens with one attached hydrogen (secondary N) is 1. The molecule has 1 aromatic rings. The Kier molecular flexibility index (Phi) is 4.32. The van der Waals surface area contributed by atoms with Gasteiger partial charge in [-0.25, -0.2) is 9.98 Å². The Balaban J connectivity index is 1.96. The minimum absolute atomic E-state index is 0.0539. The Morgan fingerprint density at radius 3 is 2.55 bits per heavy atom. The summed E-state index contributed by atoms with van der Waals surface area (Å²) in [7, 11) is 5.97. The lowest BCUT2D eigenvalue weighted by Gasteiger charge is -2.29. The van der Waals surface area contributed by atoms with Crippen molar-refractivity contribution in [2.75, 3.05) is 27.7 Å². The molecule has 1 N–H and O–H groups in total. The molecule has 2 rings (SSSR count). The molecule has 1 aromatic heterocycles. The van der Waals surface area contributed by atoms with Crippen molar-refractivity contribution in [2.45, 2.75) is 26.4 Å². The lowest BCUT2D eigenvalue weighted by atomic mass is 10.2. The van der Waals surface area contributed by atoms with Crippen molar-refractivity contribution < 1.29 is 4.42 Å². The standard InChI is InChI=1S/C14H23N5O/c1-10-12(7-9-20-10)6-8-19(5)14-16-11(2)15-13(17-14)18(3)4/h7,9,11H,6,8H2,1-5H3,(H,15,16,17). The predicted octanol–water partition coefficient (Wildman–Crippen LogP) is 1.29. The zero-order chi connectivity index (χ0) is 14.7. The summed E-state index contributed by atoms with van der Waals surface area (Å²) < 4.78 is 5.32. The third-order valence-corrected chi connectivity index (χ3v) is 3.31. The fourth-order valence-electron chi connectivity index (χ4n) is 2.03. The van der Waals surface area contributed by atoms with Gasteiger partial charge < -0.3 is 14.2 Å². The SMILES string of the molecule is Cc1occc1CCN(C)C1=NC(C)N=C(N(C)C)N1. The summed E-state index contributed by atoms with van der Waals surface area (Å²) in [5.41, 5.74) is 1.24. The topological polar surface area (TPSA) is 56.4 Å². The van der Waals surface area contributed by atoms with Gasteiger partial charge in [0.05, 0.1) is 6.26 Å². The minimum Gasteiger partial charge on any atom is -0.469 e. The third kappa shape index (κ3) is 3.31. The largest absolute Gasteiger partial charge is 0.469 e. The van der Waals surface area contributed by atoms with E-state index in [1.165, 1.54) is 5.56 Å². The number of hydrogen-bond donors (Lipinski definition) is 1. The number of rotatable bonds is 3. The van der Waals surface area contributed by atoms with Gasteiger partial charge in [0.15, 0.2) is 0 Å². The highest BCUT2D eigenvalue weighted by Gasteiger charge is 2.17. The van der Waals surface area contributed by atoms with Gasteiger partial charge in [-0.3, -0.25) is 5.32 Å². The fraction of sp³-hybridized carbons (Fsp3) is 0.571. The molecule has 0 radical (unpaired) electrons. The highest BCUT2D eigenvalue weighted by Crippen LogP contribution is 2.10. The summed E-state index contributed by atoms with van der Waals surface area (Å²) in [5.74, 6) is 2.69. The zero-order valence-corrected chi connectivity index (χ0v) is 12.8. The van der Waals surface area contributed by atoms with Crippen molar-refractivity contribution in [2.24, 2.45) is 9.98 Å². The molecule has 1 atom stereocenters. The average molecular weight is 277 g/mol. The van der Waals surface area contributed by atoms with E-state index in [1.807, 2.05) is 46.0 Å². The van der Waals surface area contributed by atoms with Crippen LogP contribution in [0.3, 0.4) is 0 Å². The van der Waals surface area contributed by atoms with Crippen molar-refractivity contribution in [3.8, 4) is 0 Å². The molecule has 0 amide bonds. The van der Waals surface area contributed by atoms with Crippen LogP contribution in [0.2, 0.25) is 0 Å². The number of guanidine groups is 2. The van der Waals surface area contributed by atoms with Crippen molar-refractivity contribution in [3.05, 3.63) is 23.7 Å². The molecule has 1 unspecified atom stereocenters. The van der Waals surface area contributed by atoms with Gasteiger partial charge >= 0.3 is 0 Å². The molecule has 2 heterocycles. The van der Waals surface area contributed by atoms with Crippen LogP contribution in [0.1, 0.15) is 18.2 Å². The number of furan rings is 1. The maximum absolute atomic E-state index is 5.32. The molecule has 0 saturated heterocycles. The van der Waals surface area contributed by atoms with Crippen molar-refractivity contribution in [1.29, 1.82) is 0 Å². The summed E-state index contributed by atoms with van der Waals surface area (Å²) in [6, 6.07) is 2.02. The third-order valence-electron chi connectivity index (χ3n) is 3.31. The first-order valence-corrected chi connectivity index (χ1v) is 6.81. The van der Waals surface area contributed by atoms with E-state index in [0.29, 0.717) is 0 Å². The summed E-state index contributed by atoms with van der Waals surface area (Å²) in [6.45, 7) is 4.85. The van der Waals surface area contributed by atoms with E-state index in [9.17, 15) is 0 Å². The smallest absolute Gasteiger partial charge is 0.202 e. The highest BCUT2D eigenvalue weighted by molar-refractivity contribution is 5.99. The van der Waals surface area contributed by atoms with Crippen LogP contribution in [0.25, 0.3) is 0 Å². The van der Waals surface area contributed by atoms with Gasteiger partial charge in [0.2, 0.25) is 11.9 Å². The van der Waals surface area contributed by atoms with Crippen molar-refractivity contribution in [1.82, 2.24) is 15.1 Å². The maximum Gasteiger partial charge on any atom is 0.202 e. The van der Waals surface area contributed by atoms with Gasteiger partial charge in [-0.2, -0.15) is 0 Å². The number of aryl methyl sites for hydroxylation is 1. The molecule has 1 aliphatic rings. The van der Waals surface area contributed by atoms with Crippen molar-refractivity contribution >= 4 is 11.9 Å². The lowest BCUT2D eigenvalue weighted by Crippen LogP contribution is -2.50. The Morgan fingerprint density at radius 1 is 1.25 bits per heavy atom. The molecule has 6 heteroatoms. The van der Waals surface area contributed by atoms with Crippen LogP contribution in [0, 0.1) is 6.92 Å². The zero-order valence-electron chi connectivity index (χ0n) is 12.8. The van der Waals surface area contributed by atoms with Crippen LogP contribution in [-0.4, -0.2) is 55.6 Å². The monoisotopic (exact) mass is 277 g/mol. The first-order valence-electron chi connectivity index (χ1n) is 6.81. The van der Waals surface area contributed by atoms with Crippen LogP contribution in [0.15, 0.2) is 26.7 Å². The quantitative estimate of drug-likeness (QED) is 0.904. The van der Waals surface area contributed by atoms with Gasteiger partial charge in [0.1, 0.15) is 11.9 Å². The molecular weight excluding hydrogens is 254 g/mol. The van der Waals surface area contributed by atoms with E-state index in [4.69, 9.17) is 4.42 Å². The molecule has 20 heavy (non-hydrogen) atoms. The van der Waals surface area contributed by atoms with Crippen LogP contribution < -0.4 is 5.32 Å². The Hall–Kier alpha value is -1.98. The van der Waals surface area contributed by atoms with Crippen LogP contribution in [0.4, 0.5) is 0 Å². The first kappa shape index (κ1) is 14.4. The van der Waals surface area contributed by atoms with E-state index in [1.54, 1.807) is 6.26 Å². The second-order valence-electron chi connectivity index (χ2n) is 5.23. The average Bonchev–Trinajstić information content (AvgIpc) is 2.80. The van der Waals surface area contributed by atoms with Crippen LogP contribution in [-0.2, 0) is 6.42 Å². The Bertz CT molecular complexity index is 517. The molecule has 0 bridgehead atoms. The summed E-state index contributed by atoms with van der Waals surface area (Å²) >= 11 is 0. The molecule has 6 nitrogen and oxygen atoms in total. The minimum atomic E-state index is -0.0539. The van der Waals surface area contributed by atoms with E-state index >= 15 is 0 Å². The number of hydrogen-bond acceptors (Lipinski definition) is 6. The predicted molar refractivity (Wildman–Crippen MR) is 80.9 cm³/mol. The van der Waals surface area contributed by atoms with E-state index in [0.717, 1.165) is 30.6 Å². The molecule has 0 fully saturated rings. The lowest BCUT2D eigenvalue weighted by molar-refractivity contribution is 0.471. The summed E-state index contributed by atoms with van der Waals surface area (Å²) in [5, 5.41) is 3.26. The van der Waals surface area contributed by atoms with E-state index in [-0.39, 0.29) is 6.17 Å². The van der Waals surface area contributed by atoms with Crippen molar-refractivity contribution in [3.63, 3.8) is 0 Å². The molecule has 1 aliphatic heterocycles. The Morgan fingerprint density at radius 2 is 1.95 bits per heavy atom. The normalized spacial score (nSPS) is 18.1. The van der Waals surface area contributed by atoms with Gasteiger partial charge in [-0.15, -0.1) is 0 Å². The van der Waals surface area contributed by atoms with Gasteiger partial charge in [0.25, 0.3) is 0 Å². The van der Waals surface area contributed by atoms with Crippen LogP contribution >= 0.6 is 0 Å². The number of likely N-dealkylation sites (N-methyl/N-ethyl adjacent to an activating group) is 1. The Labute approximate surface area is 120 Å². The van der Waals surface area contributed by atoms with Gasteiger partial charge in [-0.05, 0) is 31.9 Å². The molecule has 0 aliphatic carbocycles. The second-order valence-corrected chi connectivity index (χ2v) is 5.23. The summed E-state index contributed by atoms with van der Waals surface area (Å²) in [4.78, 5) is 13.0. The van der Waals surface area contributed by atoms with Gasteiger partial charge in [0, 0.05) is 27.7 Å². The maximum atomic E-state index is 5.32. The highest BCUT2D eigenvalue weighted by atomic mass is 16.3. The molecule has 110 valence electrons. The number of aliphatic imine (C=N–C) groups is 2. The van der Waals surface area contributed by atoms with Crippen LogP contribution in [0.5, 0.6) is 0 Å². The molecule has 0 saturated carbocycles. The fourth-order valence-corrected chi connectivity index (χ4v) is 2.03. The number of nitrogens with zero attached hydrogens (tertiary/aromatic N) is 4.